The van der Waals surface area contributed by atoms with E-state index in [-0.39, 0.29) is 42.9 Å². The van der Waals surface area contributed by atoms with Gasteiger partial charge in [0.2, 0.25) is 11.8 Å². The smallest absolute Gasteiger partial charge is 0.259 e. The molecular formula is C28H27N5O5S. The molecule has 0 spiro atoms. The molecule has 0 fully saturated rings. The van der Waals surface area contributed by atoms with Gasteiger partial charge in [0, 0.05) is 12.0 Å². The summed E-state index contributed by atoms with van der Waals surface area (Å²) in [5, 5.41) is 6.02. The lowest BCUT2D eigenvalue weighted by molar-refractivity contribution is -0.125. The van der Waals surface area contributed by atoms with Crippen LogP contribution in [0.3, 0.4) is 0 Å². The van der Waals surface area contributed by atoms with Gasteiger partial charge in [0.15, 0.2) is 5.17 Å². The van der Waals surface area contributed by atoms with Gasteiger partial charge in [-0.05, 0) is 49.7 Å². The molecule has 2 N–H and O–H groups in total. The van der Waals surface area contributed by atoms with Crippen LogP contribution in [0.2, 0.25) is 0 Å². The van der Waals surface area contributed by atoms with Gasteiger partial charge in [-0.3, -0.25) is 19.4 Å². The van der Waals surface area contributed by atoms with Crippen molar-refractivity contribution in [3.05, 3.63) is 78.3 Å². The van der Waals surface area contributed by atoms with Crippen LogP contribution in [-0.4, -0.2) is 52.0 Å². The highest BCUT2D eigenvalue weighted by Crippen LogP contribution is 2.34. The second-order valence-electron chi connectivity index (χ2n) is 8.71. The van der Waals surface area contributed by atoms with Crippen molar-refractivity contribution >= 4 is 51.9 Å². The molecule has 5 rings (SSSR count). The van der Waals surface area contributed by atoms with Crippen LogP contribution in [0.5, 0.6) is 5.75 Å². The van der Waals surface area contributed by atoms with Crippen molar-refractivity contribution in [1.82, 2.24) is 10.2 Å². The lowest BCUT2D eigenvalue weighted by Gasteiger charge is -2.25. The fourth-order valence-electron chi connectivity index (χ4n) is 4.21. The number of thioether (sulfide) groups is 1. The maximum absolute atomic E-state index is 13.4. The van der Waals surface area contributed by atoms with Gasteiger partial charge in [-0.1, -0.05) is 36.0 Å². The number of hydrogen-bond donors (Lipinski definition) is 2. The quantitative estimate of drug-likeness (QED) is 0.395. The van der Waals surface area contributed by atoms with E-state index in [0.717, 1.165) is 17.3 Å². The lowest BCUT2D eigenvalue weighted by atomic mass is 10.1. The highest BCUT2D eigenvalue weighted by atomic mass is 32.2. The zero-order chi connectivity index (χ0) is 27.2. The summed E-state index contributed by atoms with van der Waals surface area (Å²) in [7, 11) is 0. The summed E-state index contributed by atoms with van der Waals surface area (Å²) >= 11 is 1.15. The van der Waals surface area contributed by atoms with Crippen LogP contribution in [0, 0.1) is 0 Å². The van der Waals surface area contributed by atoms with E-state index in [1.807, 2.05) is 43.3 Å². The summed E-state index contributed by atoms with van der Waals surface area (Å²) < 4.78 is 10.8. The third kappa shape index (κ3) is 6.04. The molecule has 1 unspecified atom stereocenters. The Morgan fingerprint density at radius 2 is 1.90 bits per heavy atom. The van der Waals surface area contributed by atoms with Gasteiger partial charge in [-0.25, -0.2) is 9.89 Å². The number of benzene rings is 2. The maximum atomic E-state index is 13.4. The number of carbonyl (C=O) groups excluding carboxylic acids is 3. The number of hydrogen-bond acceptors (Lipinski definition) is 8. The first-order valence-electron chi connectivity index (χ1n) is 12.6. The lowest BCUT2D eigenvalue weighted by Crippen LogP contribution is -2.41. The molecule has 3 heterocycles. The number of aliphatic imine (C=N–C) groups is 2. The molecule has 3 aromatic rings. The molecule has 0 aliphatic carbocycles. The Hall–Kier alpha value is -4.38. The van der Waals surface area contributed by atoms with Crippen LogP contribution in [0.25, 0.3) is 0 Å². The second kappa shape index (κ2) is 12.0. The van der Waals surface area contributed by atoms with E-state index in [1.54, 1.807) is 30.5 Å². The molecule has 1 aromatic heterocycles. The first-order chi connectivity index (χ1) is 19.0. The van der Waals surface area contributed by atoms with Crippen LogP contribution in [0.1, 0.15) is 31.1 Å². The van der Waals surface area contributed by atoms with Crippen molar-refractivity contribution in [2.45, 2.75) is 32.4 Å². The molecule has 2 aliphatic rings. The Balaban J connectivity index is 1.25. The molecule has 0 saturated heterocycles. The largest absolute Gasteiger partial charge is 0.492 e. The minimum atomic E-state index is -0.724. The zero-order valence-corrected chi connectivity index (χ0v) is 22.1. The minimum absolute atomic E-state index is 0.0262. The summed E-state index contributed by atoms with van der Waals surface area (Å²) in [6.07, 6.45) is 1.92. The molecule has 2 aliphatic heterocycles. The van der Waals surface area contributed by atoms with E-state index >= 15 is 0 Å². The van der Waals surface area contributed by atoms with Crippen LogP contribution in [0.4, 0.5) is 11.4 Å². The number of amides is 3. The molecular weight excluding hydrogens is 518 g/mol. The highest BCUT2D eigenvalue weighted by Gasteiger charge is 2.41. The van der Waals surface area contributed by atoms with E-state index in [0.29, 0.717) is 40.5 Å². The molecule has 200 valence electrons. The number of amidine groups is 2. The van der Waals surface area contributed by atoms with Crippen LogP contribution in [0.15, 0.2) is 81.3 Å². The van der Waals surface area contributed by atoms with Crippen molar-refractivity contribution in [2.75, 3.05) is 17.7 Å². The van der Waals surface area contributed by atoms with E-state index in [4.69, 9.17) is 9.15 Å². The van der Waals surface area contributed by atoms with Crippen molar-refractivity contribution in [1.29, 1.82) is 0 Å². The van der Waals surface area contributed by atoms with Crippen LogP contribution < -0.4 is 15.4 Å². The van der Waals surface area contributed by atoms with Crippen molar-refractivity contribution < 1.29 is 23.5 Å². The predicted molar refractivity (Wildman–Crippen MR) is 149 cm³/mol. The number of nitrogens with one attached hydrogen (secondary N) is 2. The monoisotopic (exact) mass is 545 g/mol. The molecule has 39 heavy (non-hydrogen) atoms. The summed E-state index contributed by atoms with van der Waals surface area (Å²) in [6, 6.07) is 17.4. The first-order valence-corrected chi connectivity index (χ1v) is 13.6. The SMILES string of the molecule is CCOc1ccccc1NC(=O)CSC1=Nc2ccccc2C2=NC(CCC(=O)NCc3ccco3)C(=O)N12. The first kappa shape index (κ1) is 26.2. The summed E-state index contributed by atoms with van der Waals surface area (Å²) in [6.45, 7) is 2.63. The van der Waals surface area contributed by atoms with Gasteiger partial charge >= 0.3 is 0 Å². The Bertz CT molecular complexity index is 1440. The van der Waals surface area contributed by atoms with Gasteiger partial charge in [0.1, 0.15) is 23.4 Å². The maximum Gasteiger partial charge on any atom is 0.259 e. The zero-order valence-electron chi connectivity index (χ0n) is 21.3. The van der Waals surface area contributed by atoms with Crippen LogP contribution >= 0.6 is 11.8 Å². The van der Waals surface area contributed by atoms with Gasteiger partial charge in [-0.2, -0.15) is 0 Å². The fraction of sp³-hybridized carbons (Fsp3) is 0.250. The number of furan rings is 1. The second-order valence-corrected chi connectivity index (χ2v) is 9.66. The number of ether oxygens (including phenoxy) is 1. The average molecular weight is 546 g/mol. The molecule has 3 amide bonds. The molecule has 2 aromatic carbocycles. The van der Waals surface area contributed by atoms with Crippen molar-refractivity contribution in [2.24, 2.45) is 9.98 Å². The van der Waals surface area contributed by atoms with E-state index < -0.39 is 6.04 Å². The number of para-hydroxylation sites is 3. The number of carbonyl (C=O) groups is 3. The van der Waals surface area contributed by atoms with E-state index in [1.165, 1.54) is 4.90 Å². The van der Waals surface area contributed by atoms with Gasteiger partial charge in [-0.15, -0.1) is 0 Å². The number of fused-ring (bicyclic) bond motifs is 3. The number of nitrogens with zero attached hydrogens (tertiary/aromatic N) is 3. The third-order valence-electron chi connectivity index (χ3n) is 6.03. The Morgan fingerprint density at radius 1 is 1.08 bits per heavy atom. The molecule has 1 atom stereocenters. The topological polar surface area (TPSA) is 126 Å². The standard InChI is InChI=1S/C28H27N5O5S/c1-2-37-23-12-6-5-11-21(23)30-25(35)17-39-28-32-20-10-4-3-9-19(20)26-31-22(27(36)33(26)28)13-14-24(34)29-16-18-8-7-15-38-18/h3-12,15,22H,2,13-14,16-17H2,1H3,(H,29,34)(H,30,35). The molecule has 0 saturated carbocycles. The summed E-state index contributed by atoms with van der Waals surface area (Å²) in [4.78, 5) is 49.4. The van der Waals surface area contributed by atoms with E-state index in [9.17, 15) is 14.4 Å². The fourth-order valence-corrected chi connectivity index (χ4v) is 5.01. The Kier molecular flexibility index (Phi) is 8.07. The van der Waals surface area contributed by atoms with E-state index in [2.05, 4.69) is 20.6 Å². The van der Waals surface area contributed by atoms with Crippen LogP contribution in [-0.2, 0) is 20.9 Å². The molecule has 0 radical (unpaired) electrons. The van der Waals surface area contributed by atoms with Crippen molar-refractivity contribution in [3.63, 3.8) is 0 Å². The highest BCUT2D eigenvalue weighted by molar-refractivity contribution is 8.14. The van der Waals surface area contributed by atoms with Gasteiger partial charge in [0.05, 0.1) is 36.5 Å². The molecule has 0 bridgehead atoms. The Morgan fingerprint density at radius 3 is 2.72 bits per heavy atom. The Labute approximate surface area is 229 Å². The summed E-state index contributed by atoms with van der Waals surface area (Å²) in [5.74, 6) is 1.02. The number of anilines is 1. The third-order valence-corrected chi connectivity index (χ3v) is 6.96. The average Bonchev–Trinajstić information content (AvgIpc) is 3.59. The molecule has 11 heteroatoms. The summed E-state index contributed by atoms with van der Waals surface area (Å²) in [5.41, 5.74) is 1.97. The minimum Gasteiger partial charge on any atom is -0.492 e. The van der Waals surface area contributed by atoms with Crippen molar-refractivity contribution in [3.8, 4) is 5.75 Å². The molecule has 10 nitrogen and oxygen atoms in total. The van der Waals surface area contributed by atoms with Gasteiger partial charge in [0.25, 0.3) is 5.91 Å². The van der Waals surface area contributed by atoms with Gasteiger partial charge < -0.3 is 19.8 Å². The predicted octanol–water partition coefficient (Wildman–Crippen LogP) is 4.11. The number of rotatable bonds is 10. The normalized spacial score (nSPS) is 15.7.